The number of aromatic amines is 1. The number of hydrogen-bond acceptors (Lipinski definition) is 3. The number of rotatable bonds is 3. The minimum absolute atomic E-state index is 0.0170. The van der Waals surface area contributed by atoms with Crippen LogP contribution in [0.25, 0.3) is 0 Å². The van der Waals surface area contributed by atoms with Crippen LogP contribution in [0, 0.1) is 0 Å². The van der Waals surface area contributed by atoms with Crippen molar-refractivity contribution in [1.29, 1.82) is 0 Å². The summed E-state index contributed by atoms with van der Waals surface area (Å²) in [7, 11) is 0. The predicted octanol–water partition coefficient (Wildman–Crippen LogP) is 1.02. The fourth-order valence-electron chi connectivity index (χ4n) is 2.15. The van der Waals surface area contributed by atoms with Crippen LogP contribution >= 0.6 is 0 Å². The van der Waals surface area contributed by atoms with Gasteiger partial charge in [-0.3, -0.25) is 4.79 Å². The molecule has 1 atom stereocenters. The average Bonchev–Trinajstić information content (AvgIpc) is 2.31. The summed E-state index contributed by atoms with van der Waals surface area (Å²) in [5.74, 6) is 0.807. The monoisotopic (exact) mass is 221 g/mol. The lowest BCUT2D eigenvalue weighted by Crippen LogP contribution is -2.36. The van der Waals surface area contributed by atoms with Crippen molar-refractivity contribution in [1.82, 2.24) is 15.3 Å². The molecule has 0 amide bonds. The Balaban J connectivity index is 2.04. The highest BCUT2D eigenvalue weighted by Gasteiger charge is 2.14. The summed E-state index contributed by atoms with van der Waals surface area (Å²) in [6, 6.07) is 0.476. The molecule has 4 nitrogen and oxygen atoms in total. The van der Waals surface area contributed by atoms with Crippen molar-refractivity contribution >= 4 is 0 Å². The van der Waals surface area contributed by atoms with Gasteiger partial charge in [-0.05, 0) is 25.8 Å². The van der Waals surface area contributed by atoms with E-state index in [-0.39, 0.29) is 5.56 Å². The van der Waals surface area contributed by atoms with Crippen LogP contribution in [0.5, 0.6) is 0 Å². The van der Waals surface area contributed by atoms with Gasteiger partial charge in [0.25, 0.3) is 5.56 Å². The summed E-state index contributed by atoms with van der Waals surface area (Å²) < 4.78 is 0. The summed E-state index contributed by atoms with van der Waals surface area (Å²) >= 11 is 0. The lowest BCUT2D eigenvalue weighted by atomic mass is 10.0. The molecule has 2 heterocycles. The topological polar surface area (TPSA) is 57.8 Å². The largest absolute Gasteiger partial charge is 0.314 e. The Morgan fingerprint density at radius 3 is 3.00 bits per heavy atom. The Bertz CT molecular complexity index is 393. The third kappa shape index (κ3) is 2.70. The zero-order chi connectivity index (χ0) is 11.4. The highest BCUT2D eigenvalue weighted by Crippen LogP contribution is 2.09. The summed E-state index contributed by atoms with van der Waals surface area (Å²) in [5.41, 5.74) is 0.781. The van der Waals surface area contributed by atoms with E-state index >= 15 is 0 Å². The first kappa shape index (κ1) is 11.3. The molecular weight excluding hydrogens is 202 g/mol. The Morgan fingerprint density at radius 2 is 2.38 bits per heavy atom. The number of nitrogens with zero attached hydrogens (tertiary/aromatic N) is 1. The zero-order valence-corrected chi connectivity index (χ0v) is 9.75. The first-order valence-corrected chi connectivity index (χ1v) is 6.10. The minimum atomic E-state index is 0.0170. The molecular formula is C12H19N3O. The van der Waals surface area contributed by atoms with Crippen LogP contribution in [-0.2, 0) is 12.8 Å². The van der Waals surface area contributed by atoms with Crippen LogP contribution in [0.15, 0.2) is 11.0 Å². The van der Waals surface area contributed by atoms with Crippen molar-refractivity contribution in [3.05, 3.63) is 27.9 Å². The van der Waals surface area contributed by atoms with Crippen LogP contribution < -0.4 is 10.9 Å². The van der Waals surface area contributed by atoms with E-state index in [0.29, 0.717) is 6.04 Å². The summed E-state index contributed by atoms with van der Waals surface area (Å²) in [6.45, 7) is 3.05. The van der Waals surface area contributed by atoms with Crippen molar-refractivity contribution in [3.8, 4) is 0 Å². The standard InChI is InChI=1S/C12H19N3O/c1-2-9-8-14-11(15-12(9)16)7-10-5-3-4-6-13-10/h8,10,13H,2-7H2,1H3,(H,14,15,16). The van der Waals surface area contributed by atoms with E-state index in [0.717, 1.165) is 30.8 Å². The van der Waals surface area contributed by atoms with Gasteiger partial charge in [0.05, 0.1) is 0 Å². The second-order valence-corrected chi connectivity index (χ2v) is 4.39. The van der Waals surface area contributed by atoms with Crippen molar-refractivity contribution in [3.63, 3.8) is 0 Å². The van der Waals surface area contributed by atoms with Crippen molar-refractivity contribution < 1.29 is 0 Å². The molecule has 0 radical (unpaired) electrons. The summed E-state index contributed by atoms with van der Waals surface area (Å²) in [5, 5.41) is 3.45. The molecule has 2 N–H and O–H groups in total. The molecule has 88 valence electrons. The van der Waals surface area contributed by atoms with Gasteiger partial charge in [0.1, 0.15) is 5.82 Å². The third-order valence-corrected chi connectivity index (χ3v) is 3.16. The molecule has 1 aromatic rings. The molecule has 1 aromatic heterocycles. The van der Waals surface area contributed by atoms with Crippen LogP contribution in [0.3, 0.4) is 0 Å². The first-order valence-electron chi connectivity index (χ1n) is 6.10. The van der Waals surface area contributed by atoms with E-state index in [1.54, 1.807) is 6.20 Å². The van der Waals surface area contributed by atoms with E-state index < -0.39 is 0 Å². The van der Waals surface area contributed by atoms with E-state index in [2.05, 4.69) is 15.3 Å². The van der Waals surface area contributed by atoms with Gasteiger partial charge in [0, 0.05) is 24.2 Å². The molecule has 0 saturated carbocycles. The molecule has 4 heteroatoms. The summed E-state index contributed by atoms with van der Waals surface area (Å²) in [4.78, 5) is 18.8. The normalized spacial score (nSPS) is 20.9. The first-order chi connectivity index (χ1) is 7.79. The molecule has 1 aliphatic rings. The van der Waals surface area contributed by atoms with Crippen molar-refractivity contribution in [2.45, 2.75) is 45.1 Å². The van der Waals surface area contributed by atoms with Gasteiger partial charge in [0.15, 0.2) is 0 Å². The third-order valence-electron chi connectivity index (χ3n) is 3.16. The van der Waals surface area contributed by atoms with Crippen LogP contribution in [0.2, 0.25) is 0 Å². The number of nitrogens with one attached hydrogen (secondary N) is 2. The van der Waals surface area contributed by atoms with Gasteiger partial charge in [-0.1, -0.05) is 13.3 Å². The zero-order valence-electron chi connectivity index (χ0n) is 9.75. The van der Waals surface area contributed by atoms with Gasteiger partial charge < -0.3 is 10.3 Å². The quantitative estimate of drug-likeness (QED) is 0.801. The highest BCUT2D eigenvalue weighted by atomic mass is 16.1. The maximum Gasteiger partial charge on any atom is 0.254 e. The number of piperidine rings is 1. The molecule has 1 fully saturated rings. The lowest BCUT2D eigenvalue weighted by molar-refractivity contribution is 0.394. The molecule has 16 heavy (non-hydrogen) atoms. The molecule has 0 aromatic carbocycles. The Labute approximate surface area is 95.5 Å². The van der Waals surface area contributed by atoms with Gasteiger partial charge in [-0.25, -0.2) is 4.98 Å². The van der Waals surface area contributed by atoms with E-state index in [1.807, 2.05) is 6.92 Å². The van der Waals surface area contributed by atoms with Gasteiger partial charge in [-0.2, -0.15) is 0 Å². The number of aromatic nitrogens is 2. The van der Waals surface area contributed by atoms with Crippen LogP contribution in [-0.4, -0.2) is 22.6 Å². The average molecular weight is 221 g/mol. The molecule has 0 aliphatic carbocycles. The maximum atomic E-state index is 11.6. The minimum Gasteiger partial charge on any atom is -0.314 e. The number of H-pyrrole nitrogens is 1. The van der Waals surface area contributed by atoms with Gasteiger partial charge in [0.2, 0.25) is 0 Å². The van der Waals surface area contributed by atoms with Crippen molar-refractivity contribution in [2.24, 2.45) is 0 Å². The predicted molar refractivity (Wildman–Crippen MR) is 63.6 cm³/mol. The Hall–Kier alpha value is -1.16. The second-order valence-electron chi connectivity index (χ2n) is 4.39. The molecule has 0 bridgehead atoms. The van der Waals surface area contributed by atoms with Gasteiger partial charge >= 0.3 is 0 Å². The molecule has 2 rings (SSSR count). The Morgan fingerprint density at radius 1 is 1.50 bits per heavy atom. The maximum absolute atomic E-state index is 11.6. The fraction of sp³-hybridized carbons (Fsp3) is 0.667. The number of hydrogen-bond donors (Lipinski definition) is 2. The SMILES string of the molecule is CCc1cnc(CC2CCCCN2)[nH]c1=O. The number of aryl methyl sites for hydroxylation is 1. The highest BCUT2D eigenvalue weighted by molar-refractivity contribution is 5.06. The molecule has 0 spiro atoms. The summed E-state index contributed by atoms with van der Waals surface area (Å²) in [6.07, 6.45) is 6.99. The van der Waals surface area contributed by atoms with E-state index in [4.69, 9.17) is 0 Å². The van der Waals surface area contributed by atoms with Crippen molar-refractivity contribution in [2.75, 3.05) is 6.54 Å². The van der Waals surface area contributed by atoms with Gasteiger partial charge in [-0.15, -0.1) is 0 Å². The van der Waals surface area contributed by atoms with Crippen LogP contribution in [0.1, 0.15) is 37.6 Å². The van der Waals surface area contributed by atoms with E-state index in [1.165, 1.54) is 19.3 Å². The molecule has 1 unspecified atom stereocenters. The smallest absolute Gasteiger partial charge is 0.254 e. The van der Waals surface area contributed by atoms with Crippen LogP contribution in [0.4, 0.5) is 0 Å². The Kier molecular flexibility index (Phi) is 3.72. The lowest BCUT2D eigenvalue weighted by Gasteiger charge is -2.22. The second kappa shape index (κ2) is 5.25. The molecule has 1 aliphatic heterocycles. The van der Waals surface area contributed by atoms with E-state index in [9.17, 15) is 4.79 Å². The molecule has 1 saturated heterocycles. The fourth-order valence-corrected chi connectivity index (χ4v) is 2.15.